The van der Waals surface area contributed by atoms with Crippen molar-refractivity contribution in [2.24, 2.45) is 0 Å². The molecule has 0 saturated carbocycles. The number of nitrogens with one attached hydrogen (secondary N) is 1. The normalized spacial score (nSPS) is 12.9. The summed E-state index contributed by atoms with van der Waals surface area (Å²) >= 11 is 0. The summed E-state index contributed by atoms with van der Waals surface area (Å²) in [5.74, 6) is 0.702. The second-order valence-electron chi connectivity index (χ2n) is 4.05. The van der Waals surface area contributed by atoms with Crippen LogP contribution in [0.1, 0.15) is 5.56 Å². The third-order valence-electron chi connectivity index (χ3n) is 3.14. The summed E-state index contributed by atoms with van der Waals surface area (Å²) in [5.41, 5.74) is 2.30. The van der Waals surface area contributed by atoms with E-state index in [1.807, 2.05) is 6.07 Å². The molecule has 1 N–H and O–H groups in total. The van der Waals surface area contributed by atoms with Crippen LogP contribution in [0.5, 0.6) is 0 Å². The smallest absolute Gasteiger partial charge is 0.248 e. The van der Waals surface area contributed by atoms with Gasteiger partial charge in [-0.05, 0) is 27.3 Å². The van der Waals surface area contributed by atoms with Crippen molar-refractivity contribution in [2.75, 3.05) is 5.32 Å². The minimum absolute atomic E-state index is 0.702. The molecular weight excluding hydrogens is 214 g/mol. The van der Waals surface area contributed by atoms with E-state index in [2.05, 4.69) is 51.2 Å². The molecule has 0 aliphatic carbocycles. The van der Waals surface area contributed by atoms with Gasteiger partial charge >= 0.3 is 0 Å². The first-order valence-electron chi connectivity index (χ1n) is 5.47. The van der Waals surface area contributed by atoms with Gasteiger partial charge in [-0.1, -0.05) is 35.4 Å². The maximum Gasteiger partial charge on any atom is 0.248 e. The van der Waals surface area contributed by atoms with Gasteiger partial charge in [0.1, 0.15) is 0 Å². The monoisotopic (exact) mass is 223 g/mol. The standard InChI is InChI=1S/C12H9N5/c1-2-4-9-8(3-1)5-6-11-10(9)7-13-12-14-15-16-17(11)12/h1-6H,7H2,(H,13,14,16). The molecule has 2 aromatic carbocycles. The largest absolute Gasteiger partial charge is 0.349 e. The molecule has 17 heavy (non-hydrogen) atoms. The zero-order chi connectivity index (χ0) is 11.2. The Morgan fingerprint density at radius 2 is 2.06 bits per heavy atom. The third kappa shape index (κ3) is 1.10. The van der Waals surface area contributed by atoms with E-state index in [1.54, 1.807) is 4.68 Å². The van der Waals surface area contributed by atoms with Crippen LogP contribution in [0.4, 0.5) is 5.95 Å². The van der Waals surface area contributed by atoms with Crippen LogP contribution in [-0.2, 0) is 6.54 Å². The average Bonchev–Trinajstić information content (AvgIpc) is 2.86. The highest BCUT2D eigenvalue weighted by Crippen LogP contribution is 2.29. The molecular formula is C12H9N5. The zero-order valence-corrected chi connectivity index (χ0v) is 8.96. The molecule has 0 spiro atoms. The van der Waals surface area contributed by atoms with E-state index in [0.717, 1.165) is 12.2 Å². The SMILES string of the molecule is c1ccc2c3c(ccc2c1)-n1nnnc1NC3. The lowest BCUT2D eigenvalue weighted by atomic mass is 10.0. The highest BCUT2D eigenvalue weighted by Gasteiger charge is 2.19. The van der Waals surface area contributed by atoms with Crippen molar-refractivity contribution in [2.45, 2.75) is 6.54 Å². The number of anilines is 1. The fourth-order valence-electron chi connectivity index (χ4n) is 2.34. The Morgan fingerprint density at radius 3 is 3.06 bits per heavy atom. The quantitative estimate of drug-likeness (QED) is 0.630. The Hall–Kier alpha value is -2.43. The highest BCUT2D eigenvalue weighted by atomic mass is 15.6. The number of benzene rings is 2. The zero-order valence-electron chi connectivity index (χ0n) is 8.96. The van der Waals surface area contributed by atoms with Gasteiger partial charge in [0, 0.05) is 12.1 Å². The van der Waals surface area contributed by atoms with Crippen LogP contribution in [-0.4, -0.2) is 20.2 Å². The molecule has 0 amide bonds. The number of nitrogens with zero attached hydrogens (tertiary/aromatic N) is 4. The Labute approximate surface area is 97.1 Å². The molecule has 82 valence electrons. The molecule has 3 aromatic rings. The summed E-state index contributed by atoms with van der Waals surface area (Å²) in [6, 6.07) is 12.5. The lowest BCUT2D eigenvalue weighted by molar-refractivity contribution is 0.773. The Morgan fingerprint density at radius 1 is 1.12 bits per heavy atom. The summed E-state index contributed by atoms with van der Waals surface area (Å²) in [4.78, 5) is 0. The molecule has 0 fully saturated rings. The number of tetrazole rings is 1. The number of aromatic nitrogens is 4. The first kappa shape index (κ1) is 8.69. The second kappa shape index (κ2) is 3.04. The van der Waals surface area contributed by atoms with Crippen LogP contribution in [0.25, 0.3) is 16.5 Å². The van der Waals surface area contributed by atoms with E-state index in [9.17, 15) is 0 Å². The second-order valence-corrected chi connectivity index (χ2v) is 4.05. The Kier molecular flexibility index (Phi) is 1.55. The summed E-state index contributed by atoms with van der Waals surface area (Å²) in [7, 11) is 0. The van der Waals surface area contributed by atoms with Gasteiger partial charge in [0.2, 0.25) is 5.95 Å². The molecule has 0 radical (unpaired) electrons. The first-order chi connectivity index (χ1) is 8.43. The van der Waals surface area contributed by atoms with E-state index in [4.69, 9.17) is 0 Å². The third-order valence-corrected chi connectivity index (χ3v) is 3.14. The topological polar surface area (TPSA) is 55.6 Å². The van der Waals surface area contributed by atoms with Gasteiger partial charge in [0.25, 0.3) is 0 Å². The van der Waals surface area contributed by atoms with Gasteiger partial charge in [0.15, 0.2) is 0 Å². The maximum atomic E-state index is 4.00. The van der Waals surface area contributed by atoms with E-state index >= 15 is 0 Å². The van der Waals surface area contributed by atoms with Crippen molar-refractivity contribution >= 4 is 16.7 Å². The van der Waals surface area contributed by atoms with E-state index in [0.29, 0.717) is 5.95 Å². The molecule has 0 saturated heterocycles. The van der Waals surface area contributed by atoms with Crippen molar-refractivity contribution in [3.8, 4) is 5.69 Å². The fourth-order valence-corrected chi connectivity index (χ4v) is 2.34. The van der Waals surface area contributed by atoms with E-state index < -0.39 is 0 Å². The maximum absolute atomic E-state index is 4.00. The molecule has 1 aliphatic heterocycles. The van der Waals surface area contributed by atoms with Gasteiger partial charge < -0.3 is 5.32 Å². The summed E-state index contributed by atoms with van der Waals surface area (Å²) < 4.78 is 1.74. The number of hydrogen-bond donors (Lipinski definition) is 1. The molecule has 5 nitrogen and oxygen atoms in total. The molecule has 0 bridgehead atoms. The lowest BCUT2D eigenvalue weighted by Gasteiger charge is -2.19. The number of fused-ring (bicyclic) bond motifs is 5. The molecule has 0 atom stereocenters. The van der Waals surface area contributed by atoms with Crippen molar-refractivity contribution in [1.82, 2.24) is 20.2 Å². The summed E-state index contributed by atoms with van der Waals surface area (Å²) in [5, 5.41) is 17.3. The predicted octanol–water partition coefficient (Wildman–Crippen LogP) is 1.74. The number of rotatable bonds is 0. The first-order valence-corrected chi connectivity index (χ1v) is 5.47. The summed E-state index contributed by atoms with van der Waals surface area (Å²) in [6.07, 6.45) is 0. The lowest BCUT2D eigenvalue weighted by Crippen LogP contribution is -2.16. The average molecular weight is 223 g/mol. The van der Waals surface area contributed by atoms with Crippen LogP contribution in [0.15, 0.2) is 36.4 Å². The van der Waals surface area contributed by atoms with Crippen LogP contribution >= 0.6 is 0 Å². The summed E-state index contributed by atoms with van der Waals surface area (Å²) in [6.45, 7) is 0.761. The highest BCUT2D eigenvalue weighted by molar-refractivity contribution is 5.89. The van der Waals surface area contributed by atoms with Crippen LogP contribution in [0, 0.1) is 0 Å². The molecule has 4 rings (SSSR count). The van der Waals surface area contributed by atoms with Crippen LogP contribution in [0.2, 0.25) is 0 Å². The van der Waals surface area contributed by atoms with Crippen LogP contribution in [0.3, 0.4) is 0 Å². The van der Waals surface area contributed by atoms with Gasteiger partial charge in [-0.15, -0.1) is 0 Å². The van der Waals surface area contributed by atoms with E-state index in [1.165, 1.54) is 16.3 Å². The minimum Gasteiger partial charge on any atom is -0.349 e. The fraction of sp³-hybridized carbons (Fsp3) is 0.0833. The predicted molar refractivity (Wildman–Crippen MR) is 64.0 cm³/mol. The Bertz CT molecular complexity index is 716. The van der Waals surface area contributed by atoms with Crippen molar-refractivity contribution in [3.63, 3.8) is 0 Å². The van der Waals surface area contributed by atoms with E-state index in [-0.39, 0.29) is 0 Å². The molecule has 5 heteroatoms. The van der Waals surface area contributed by atoms with Gasteiger partial charge in [-0.25, -0.2) is 0 Å². The van der Waals surface area contributed by atoms with Crippen molar-refractivity contribution < 1.29 is 0 Å². The minimum atomic E-state index is 0.702. The molecule has 0 unspecified atom stereocenters. The van der Waals surface area contributed by atoms with Crippen molar-refractivity contribution in [3.05, 3.63) is 42.0 Å². The molecule has 1 aliphatic rings. The van der Waals surface area contributed by atoms with Gasteiger partial charge in [-0.2, -0.15) is 4.68 Å². The van der Waals surface area contributed by atoms with Gasteiger partial charge in [-0.3, -0.25) is 0 Å². The van der Waals surface area contributed by atoms with Crippen molar-refractivity contribution in [1.29, 1.82) is 0 Å². The Balaban J connectivity index is 2.11. The van der Waals surface area contributed by atoms with Crippen LogP contribution < -0.4 is 5.32 Å². The molecule has 1 aromatic heterocycles. The van der Waals surface area contributed by atoms with Gasteiger partial charge in [0.05, 0.1) is 5.69 Å². The molecule has 2 heterocycles. The number of hydrogen-bond acceptors (Lipinski definition) is 4.